The van der Waals surface area contributed by atoms with E-state index in [2.05, 4.69) is 0 Å². The summed E-state index contributed by atoms with van der Waals surface area (Å²) in [6, 6.07) is 20.3. The predicted molar refractivity (Wildman–Crippen MR) is 111 cm³/mol. The number of hydrogen-bond acceptors (Lipinski definition) is 5. The van der Waals surface area contributed by atoms with Crippen LogP contribution in [-0.2, 0) is 21.0 Å². The van der Waals surface area contributed by atoms with Gasteiger partial charge in [0.1, 0.15) is 12.0 Å². The van der Waals surface area contributed by atoms with Gasteiger partial charge in [0.25, 0.3) is 5.91 Å². The van der Waals surface area contributed by atoms with Gasteiger partial charge >= 0.3 is 0 Å². The van der Waals surface area contributed by atoms with Crippen LogP contribution in [-0.4, -0.2) is 22.8 Å². The first kappa shape index (κ1) is 18.4. The topological polar surface area (TPSA) is 49.9 Å². The highest BCUT2D eigenvalue weighted by molar-refractivity contribution is 7.10. The Bertz CT molecular complexity index is 1040. The molecule has 3 heterocycles. The SMILES string of the molecule is O=C1C2ON(c3ccc(Cl)cc3)C(c3cccs3)C2C(=O)N1Cc1ccccc1. The van der Waals surface area contributed by atoms with Gasteiger partial charge in [0, 0.05) is 9.90 Å². The maximum atomic E-state index is 13.3. The molecule has 29 heavy (non-hydrogen) atoms. The molecular weight excluding hydrogens is 408 g/mol. The Balaban J connectivity index is 1.50. The lowest BCUT2D eigenvalue weighted by Crippen LogP contribution is -2.36. The first-order valence-electron chi connectivity index (χ1n) is 9.27. The Morgan fingerprint density at radius 2 is 1.69 bits per heavy atom. The van der Waals surface area contributed by atoms with Crippen molar-refractivity contribution in [2.24, 2.45) is 5.92 Å². The molecule has 3 unspecified atom stereocenters. The molecule has 3 atom stereocenters. The minimum absolute atomic E-state index is 0.196. The third-order valence-corrected chi connectivity index (χ3v) is 6.50. The quantitative estimate of drug-likeness (QED) is 0.581. The van der Waals surface area contributed by atoms with Crippen LogP contribution in [0.25, 0.3) is 0 Å². The van der Waals surface area contributed by atoms with E-state index in [4.69, 9.17) is 16.4 Å². The van der Waals surface area contributed by atoms with E-state index >= 15 is 0 Å². The van der Waals surface area contributed by atoms with Crippen molar-refractivity contribution in [2.75, 3.05) is 5.06 Å². The van der Waals surface area contributed by atoms with Crippen LogP contribution in [0.5, 0.6) is 0 Å². The van der Waals surface area contributed by atoms with Crippen LogP contribution in [0.15, 0.2) is 72.1 Å². The minimum atomic E-state index is -0.825. The van der Waals surface area contributed by atoms with E-state index in [1.807, 2.05) is 60.0 Å². The minimum Gasteiger partial charge on any atom is -0.275 e. The summed E-state index contributed by atoms with van der Waals surface area (Å²) >= 11 is 7.57. The first-order valence-corrected chi connectivity index (χ1v) is 10.5. The van der Waals surface area contributed by atoms with E-state index in [1.54, 1.807) is 28.5 Å². The average molecular weight is 425 g/mol. The Morgan fingerprint density at radius 3 is 2.38 bits per heavy atom. The monoisotopic (exact) mass is 424 g/mol. The van der Waals surface area contributed by atoms with Crippen LogP contribution in [0.4, 0.5) is 5.69 Å². The normalized spacial score (nSPS) is 23.7. The third-order valence-electron chi connectivity index (χ3n) is 5.31. The summed E-state index contributed by atoms with van der Waals surface area (Å²) in [6.45, 7) is 0.257. The Hall–Kier alpha value is -2.67. The van der Waals surface area contributed by atoms with Crippen LogP contribution in [0.3, 0.4) is 0 Å². The fourth-order valence-electron chi connectivity index (χ4n) is 3.95. The number of rotatable bonds is 4. The second-order valence-corrected chi connectivity index (χ2v) is 8.48. The molecule has 7 heteroatoms. The zero-order valence-corrected chi connectivity index (χ0v) is 16.8. The van der Waals surface area contributed by atoms with Crippen LogP contribution < -0.4 is 5.06 Å². The van der Waals surface area contributed by atoms with E-state index in [-0.39, 0.29) is 24.4 Å². The number of hydrogen-bond donors (Lipinski definition) is 0. The number of carbonyl (C=O) groups excluding carboxylic acids is 2. The van der Waals surface area contributed by atoms with Gasteiger partial charge in [-0.05, 0) is 41.3 Å². The molecular formula is C22H17ClN2O3S. The largest absolute Gasteiger partial charge is 0.275 e. The molecule has 5 rings (SSSR count). The van der Waals surface area contributed by atoms with Gasteiger partial charge in [-0.2, -0.15) is 0 Å². The number of hydroxylamine groups is 1. The van der Waals surface area contributed by atoms with Crippen molar-refractivity contribution in [3.63, 3.8) is 0 Å². The van der Waals surface area contributed by atoms with E-state index < -0.39 is 12.0 Å². The molecule has 0 bridgehead atoms. The Kier molecular flexibility index (Phi) is 4.62. The lowest BCUT2D eigenvalue weighted by Gasteiger charge is -2.27. The second-order valence-electron chi connectivity index (χ2n) is 7.06. The van der Waals surface area contributed by atoms with Gasteiger partial charge < -0.3 is 0 Å². The molecule has 2 aliphatic heterocycles. The van der Waals surface area contributed by atoms with Crippen molar-refractivity contribution in [1.82, 2.24) is 4.90 Å². The average Bonchev–Trinajstić information content (AvgIpc) is 3.44. The summed E-state index contributed by atoms with van der Waals surface area (Å²) < 4.78 is 0. The van der Waals surface area contributed by atoms with E-state index in [9.17, 15) is 9.59 Å². The van der Waals surface area contributed by atoms with E-state index in [0.29, 0.717) is 5.02 Å². The molecule has 1 aromatic heterocycles. The fourth-order valence-corrected chi connectivity index (χ4v) is 4.93. The molecule has 3 aromatic rings. The number of imide groups is 1. The third kappa shape index (κ3) is 3.13. The number of thiophene rings is 1. The molecule has 0 aliphatic carbocycles. The van der Waals surface area contributed by atoms with Crippen molar-refractivity contribution in [1.29, 1.82) is 0 Å². The maximum Gasteiger partial charge on any atom is 0.262 e. The molecule has 146 valence electrons. The van der Waals surface area contributed by atoms with Crippen LogP contribution in [0, 0.1) is 5.92 Å². The molecule has 0 spiro atoms. The van der Waals surface area contributed by atoms with Gasteiger partial charge in [0.2, 0.25) is 5.91 Å². The van der Waals surface area contributed by atoms with Crippen LogP contribution >= 0.6 is 22.9 Å². The highest BCUT2D eigenvalue weighted by Crippen LogP contribution is 2.48. The van der Waals surface area contributed by atoms with E-state index in [0.717, 1.165) is 16.1 Å². The van der Waals surface area contributed by atoms with Gasteiger partial charge in [-0.1, -0.05) is 48.0 Å². The zero-order valence-electron chi connectivity index (χ0n) is 15.3. The maximum absolute atomic E-state index is 13.3. The van der Waals surface area contributed by atoms with Crippen molar-refractivity contribution >= 4 is 40.4 Å². The van der Waals surface area contributed by atoms with Gasteiger partial charge in [0.05, 0.1) is 12.2 Å². The molecule has 2 saturated heterocycles. The molecule has 0 N–H and O–H groups in total. The number of nitrogens with zero attached hydrogens (tertiary/aromatic N) is 2. The molecule has 2 aliphatic rings. The summed E-state index contributed by atoms with van der Waals surface area (Å²) in [6.07, 6.45) is -0.825. The second kappa shape index (κ2) is 7.30. The van der Waals surface area contributed by atoms with Gasteiger partial charge in [-0.3, -0.25) is 19.3 Å². The molecule has 0 saturated carbocycles. The smallest absolute Gasteiger partial charge is 0.262 e. The zero-order chi connectivity index (χ0) is 20.0. The van der Waals surface area contributed by atoms with Gasteiger partial charge in [0.15, 0.2) is 6.10 Å². The summed E-state index contributed by atoms with van der Waals surface area (Å²) in [4.78, 5) is 34.8. The number of halogens is 1. The van der Waals surface area contributed by atoms with Gasteiger partial charge in [-0.25, -0.2) is 5.06 Å². The standard InChI is InChI=1S/C22H17ClN2O3S/c23-15-8-10-16(11-9-15)25-19(17-7-4-12-29-17)18-20(28-25)22(27)24(21(18)26)13-14-5-2-1-3-6-14/h1-12,18-20H,13H2. The van der Waals surface area contributed by atoms with Crippen molar-refractivity contribution in [3.05, 3.63) is 87.6 Å². The van der Waals surface area contributed by atoms with Crippen molar-refractivity contribution in [2.45, 2.75) is 18.7 Å². The predicted octanol–water partition coefficient (Wildman–Crippen LogP) is 4.45. The molecule has 0 radical (unpaired) electrons. The molecule has 2 fully saturated rings. The van der Waals surface area contributed by atoms with Crippen LogP contribution in [0.2, 0.25) is 5.02 Å². The molecule has 5 nitrogen and oxygen atoms in total. The van der Waals surface area contributed by atoms with Crippen molar-refractivity contribution in [3.8, 4) is 0 Å². The number of fused-ring (bicyclic) bond motifs is 1. The summed E-state index contributed by atoms with van der Waals surface area (Å²) in [5.74, 6) is -1.07. The Labute approximate surface area is 177 Å². The number of likely N-dealkylation sites (tertiary alicyclic amines) is 1. The Morgan fingerprint density at radius 1 is 0.931 bits per heavy atom. The summed E-state index contributed by atoms with van der Waals surface area (Å²) in [5, 5.41) is 4.26. The van der Waals surface area contributed by atoms with Crippen LogP contribution in [0.1, 0.15) is 16.5 Å². The highest BCUT2D eigenvalue weighted by atomic mass is 35.5. The van der Waals surface area contributed by atoms with E-state index in [1.165, 1.54) is 4.90 Å². The highest BCUT2D eigenvalue weighted by Gasteiger charge is 2.60. The number of benzene rings is 2. The first-order chi connectivity index (χ1) is 14.1. The lowest BCUT2D eigenvalue weighted by molar-refractivity contribution is -0.143. The number of anilines is 1. The molecule has 2 amide bonds. The summed E-state index contributed by atoms with van der Waals surface area (Å²) in [7, 11) is 0. The molecule has 2 aromatic carbocycles. The van der Waals surface area contributed by atoms with Crippen molar-refractivity contribution < 1.29 is 14.4 Å². The lowest BCUT2D eigenvalue weighted by atomic mass is 9.95. The number of amides is 2. The fraction of sp³-hybridized carbons (Fsp3) is 0.182. The number of carbonyl (C=O) groups is 2. The summed E-state index contributed by atoms with van der Waals surface area (Å²) in [5.41, 5.74) is 1.67. The van der Waals surface area contributed by atoms with Gasteiger partial charge in [-0.15, -0.1) is 11.3 Å².